The highest BCUT2D eigenvalue weighted by atomic mass is 35.5. The first-order valence-corrected chi connectivity index (χ1v) is 6.33. The van der Waals surface area contributed by atoms with Gasteiger partial charge in [0.25, 0.3) is 0 Å². The van der Waals surface area contributed by atoms with Crippen LogP contribution in [-0.4, -0.2) is 24.7 Å². The van der Waals surface area contributed by atoms with E-state index in [1.54, 1.807) is 19.1 Å². The molecule has 0 atom stereocenters. The van der Waals surface area contributed by atoms with Crippen LogP contribution >= 0.6 is 23.2 Å². The van der Waals surface area contributed by atoms with Crippen molar-refractivity contribution >= 4 is 40.1 Å². The molecule has 19 heavy (non-hydrogen) atoms. The number of carbonyl (C=O) groups is 1. The quantitative estimate of drug-likeness (QED) is 0.810. The van der Waals surface area contributed by atoms with Crippen molar-refractivity contribution in [3.8, 4) is 5.75 Å². The molecule has 2 aromatic rings. The number of methoxy groups -OCH3 is 1. The third-order valence-electron chi connectivity index (χ3n) is 2.57. The minimum absolute atomic E-state index is 0.223. The van der Waals surface area contributed by atoms with Crippen molar-refractivity contribution in [2.24, 2.45) is 0 Å². The number of nitrogens with zero attached hydrogens (tertiary/aromatic N) is 1. The van der Waals surface area contributed by atoms with Crippen LogP contribution in [0.5, 0.6) is 5.75 Å². The van der Waals surface area contributed by atoms with Crippen molar-refractivity contribution in [3.05, 3.63) is 33.9 Å². The maximum Gasteiger partial charge on any atom is 0.341 e. The lowest BCUT2D eigenvalue weighted by Gasteiger charge is -2.09. The Morgan fingerprint density at radius 1 is 1.37 bits per heavy atom. The van der Waals surface area contributed by atoms with E-state index in [0.717, 1.165) is 0 Å². The number of carbonyl (C=O) groups excluding carboxylic acids is 1. The fourth-order valence-corrected chi connectivity index (χ4v) is 2.18. The zero-order valence-electron chi connectivity index (χ0n) is 10.4. The molecule has 6 heteroatoms. The summed E-state index contributed by atoms with van der Waals surface area (Å²) >= 11 is 12.2. The van der Waals surface area contributed by atoms with E-state index in [-0.39, 0.29) is 17.2 Å². The summed E-state index contributed by atoms with van der Waals surface area (Å²) in [5, 5.41) is 1.30. The monoisotopic (exact) mass is 299 g/mol. The summed E-state index contributed by atoms with van der Waals surface area (Å²) in [5.74, 6) is -0.0327. The molecule has 0 spiro atoms. The van der Waals surface area contributed by atoms with E-state index in [4.69, 9.17) is 32.7 Å². The Labute approximate surface area is 120 Å². The summed E-state index contributed by atoms with van der Waals surface area (Å²) in [6, 6.07) is 3.28. The van der Waals surface area contributed by atoms with Gasteiger partial charge in [-0.3, -0.25) is 4.98 Å². The number of halogens is 2. The highest BCUT2D eigenvalue weighted by molar-refractivity contribution is 6.39. The predicted molar refractivity (Wildman–Crippen MR) is 74.3 cm³/mol. The molecule has 2 rings (SSSR count). The Bertz CT molecular complexity index is 643. The van der Waals surface area contributed by atoms with E-state index in [9.17, 15) is 4.79 Å². The van der Waals surface area contributed by atoms with Crippen molar-refractivity contribution in [2.75, 3.05) is 13.7 Å². The van der Waals surface area contributed by atoms with Gasteiger partial charge in [0.05, 0.1) is 34.8 Å². The lowest BCUT2D eigenvalue weighted by atomic mass is 10.1. The number of ether oxygens (including phenoxy) is 2. The van der Waals surface area contributed by atoms with Crippen molar-refractivity contribution in [3.63, 3.8) is 0 Å². The Balaban J connectivity index is 2.63. The van der Waals surface area contributed by atoms with Crippen LogP contribution in [0.3, 0.4) is 0 Å². The molecule has 0 saturated carbocycles. The minimum atomic E-state index is -0.504. The zero-order valence-corrected chi connectivity index (χ0v) is 11.9. The van der Waals surface area contributed by atoms with E-state index >= 15 is 0 Å². The molecule has 0 aliphatic carbocycles. The van der Waals surface area contributed by atoms with Gasteiger partial charge in [0.15, 0.2) is 0 Å². The number of aromatic nitrogens is 1. The molecule has 0 aliphatic rings. The fraction of sp³-hybridized carbons (Fsp3) is 0.231. The second-order valence-electron chi connectivity index (χ2n) is 3.71. The third-order valence-corrected chi connectivity index (χ3v) is 3.27. The van der Waals surface area contributed by atoms with Gasteiger partial charge in [0.1, 0.15) is 5.75 Å². The van der Waals surface area contributed by atoms with Crippen molar-refractivity contribution in [2.45, 2.75) is 6.92 Å². The SMILES string of the molecule is CCOC(=O)c1cnc2cc(Cl)c(OC)cc2c1Cl. The number of pyridine rings is 1. The van der Waals surface area contributed by atoms with E-state index in [1.807, 2.05) is 0 Å². The normalized spacial score (nSPS) is 10.5. The Kier molecular flexibility index (Phi) is 4.12. The first kappa shape index (κ1) is 13.9. The van der Waals surface area contributed by atoms with Crippen molar-refractivity contribution in [1.29, 1.82) is 0 Å². The number of hydrogen-bond donors (Lipinski definition) is 0. The molecule has 1 aromatic heterocycles. The molecule has 0 bridgehead atoms. The molecule has 0 fully saturated rings. The lowest BCUT2D eigenvalue weighted by molar-refractivity contribution is 0.0526. The summed E-state index contributed by atoms with van der Waals surface area (Å²) in [7, 11) is 1.50. The highest BCUT2D eigenvalue weighted by Crippen LogP contribution is 2.34. The summed E-state index contributed by atoms with van der Waals surface area (Å²) in [6.45, 7) is 2.00. The summed E-state index contributed by atoms with van der Waals surface area (Å²) in [6.07, 6.45) is 1.38. The average molecular weight is 300 g/mol. The van der Waals surface area contributed by atoms with Gasteiger partial charge in [0.2, 0.25) is 0 Å². The van der Waals surface area contributed by atoms with Gasteiger partial charge in [0, 0.05) is 11.6 Å². The van der Waals surface area contributed by atoms with Crippen LogP contribution in [0.1, 0.15) is 17.3 Å². The number of hydrogen-bond acceptors (Lipinski definition) is 4. The molecule has 1 aromatic carbocycles. The van der Waals surface area contributed by atoms with Gasteiger partial charge >= 0.3 is 5.97 Å². The van der Waals surface area contributed by atoms with Crippen molar-refractivity contribution < 1.29 is 14.3 Å². The summed E-state index contributed by atoms with van der Waals surface area (Å²) in [5.41, 5.74) is 0.809. The van der Waals surface area contributed by atoms with Crippen LogP contribution in [0, 0.1) is 0 Å². The number of benzene rings is 1. The molecular weight excluding hydrogens is 289 g/mol. The number of fused-ring (bicyclic) bond motifs is 1. The maximum atomic E-state index is 11.7. The molecule has 0 radical (unpaired) electrons. The topological polar surface area (TPSA) is 48.4 Å². The number of rotatable bonds is 3. The molecule has 0 saturated heterocycles. The largest absolute Gasteiger partial charge is 0.495 e. The van der Waals surface area contributed by atoms with Crippen LogP contribution in [0.2, 0.25) is 10.0 Å². The average Bonchev–Trinajstić information content (AvgIpc) is 2.38. The Morgan fingerprint density at radius 3 is 2.74 bits per heavy atom. The van der Waals surface area contributed by atoms with Gasteiger partial charge in [-0.2, -0.15) is 0 Å². The molecule has 100 valence electrons. The van der Waals surface area contributed by atoms with Crippen molar-refractivity contribution in [1.82, 2.24) is 4.98 Å². The lowest BCUT2D eigenvalue weighted by Crippen LogP contribution is -2.06. The second-order valence-corrected chi connectivity index (χ2v) is 4.50. The van der Waals surface area contributed by atoms with Gasteiger partial charge < -0.3 is 9.47 Å². The molecule has 0 N–H and O–H groups in total. The zero-order chi connectivity index (χ0) is 14.0. The van der Waals surface area contributed by atoms with Crippen LogP contribution in [0.25, 0.3) is 10.9 Å². The van der Waals surface area contributed by atoms with E-state index in [2.05, 4.69) is 4.98 Å². The van der Waals surface area contributed by atoms with Gasteiger partial charge in [-0.15, -0.1) is 0 Å². The van der Waals surface area contributed by atoms with Crippen LogP contribution < -0.4 is 4.74 Å². The summed E-state index contributed by atoms with van der Waals surface area (Å²) < 4.78 is 10.0. The standard InChI is InChI=1S/C13H11Cl2NO3/c1-3-19-13(17)8-6-16-10-5-9(14)11(18-2)4-7(10)12(8)15/h4-6H,3H2,1-2H3. The Morgan fingerprint density at radius 2 is 2.11 bits per heavy atom. The van der Waals surface area contributed by atoms with E-state index < -0.39 is 5.97 Å². The Hall–Kier alpha value is -1.52. The highest BCUT2D eigenvalue weighted by Gasteiger charge is 2.16. The summed E-state index contributed by atoms with van der Waals surface area (Å²) in [4.78, 5) is 15.9. The smallest absolute Gasteiger partial charge is 0.341 e. The molecule has 4 nitrogen and oxygen atoms in total. The second kappa shape index (κ2) is 5.63. The first-order valence-electron chi connectivity index (χ1n) is 5.57. The molecule has 1 heterocycles. The number of esters is 1. The molecular formula is C13H11Cl2NO3. The van der Waals surface area contributed by atoms with Gasteiger partial charge in [-0.05, 0) is 19.1 Å². The van der Waals surface area contributed by atoms with E-state index in [1.165, 1.54) is 13.3 Å². The maximum absolute atomic E-state index is 11.7. The third kappa shape index (κ3) is 2.60. The van der Waals surface area contributed by atoms with E-state index in [0.29, 0.717) is 21.7 Å². The van der Waals surface area contributed by atoms with Crippen LogP contribution in [0.4, 0.5) is 0 Å². The minimum Gasteiger partial charge on any atom is -0.495 e. The molecule has 0 amide bonds. The first-order chi connectivity index (χ1) is 9.08. The predicted octanol–water partition coefficient (Wildman–Crippen LogP) is 3.73. The fourth-order valence-electron chi connectivity index (χ4n) is 1.67. The van der Waals surface area contributed by atoms with Crippen LogP contribution in [0.15, 0.2) is 18.3 Å². The van der Waals surface area contributed by atoms with Crippen LogP contribution in [-0.2, 0) is 4.74 Å². The molecule has 0 unspecified atom stereocenters. The molecule has 0 aliphatic heterocycles. The van der Waals surface area contributed by atoms with Gasteiger partial charge in [-0.25, -0.2) is 4.79 Å². The van der Waals surface area contributed by atoms with Gasteiger partial charge in [-0.1, -0.05) is 23.2 Å².